The van der Waals surface area contributed by atoms with E-state index in [9.17, 15) is 18.0 Å². The van der Waals surface area contributed by atoms with E-state index in [4.69, 9.17) is 4.84 Å². The van der Waals surface area contributed by atoms with Crippen molar-refractivity contribution in [1.82, 2.24) is 15.2 Å². The molecule has 3 rings (SSSR count). The number of alkyl halides is 3. The SMILES string of the molecule is CON(Cc1ccc(-c2noc(C(F)(F)F)n2)cc1)C(=O)C1CCCC1. The summed E-state index contributed by atoms with van der Waals surface area (Å²) in [5.74, 6) is -1.57. The molecule has 1 heterocycles. The van der Waals surface area contributed by atoms with Crippen LogP contribution in [0.5, 0.6) is 0 Å². The molecule has 0 unspecified atom stereocenters. The van der Waals surface area contributed by atoms with Gasteiger partial charge in [-0.1, -0.05) is 42.3 Å². The third-order valence-corrected chi connectivity index (χ3v) is 4.38. The minimum atomic E-state index is -4.68. The Labute approximate surface area is 147 Å². The van der Waals surface area contributed by atoms with Crippen molar-refractivity contribution in [2.75, 3.05) is 7.11 Å². The van der Waals surface area contributed by atoms with Gasteiger partial charge in [0, 0.05) is 11.5 Å². The molecule has 1 saturated carbocycles. The summed E-state index contributed by atoms with van der Waals surface area (Å²) in [5.41, 5.74) is 1.17. The number of hydrogen-bond donors (Lipinski definition) is 0. The van der Waals surface area contributed by atoms with Gasteiger partial charge in [0.25, 0.3) is 0 Å². The van der Waals surface area contributed by atoms with Crippen LogP contribution in [0.3, 0.4) is 0 Å². The zero-order valence-corrected chi connectivity index (χ0v) is 14.1. The van der Waals surface area contributed by atoms with E-state index < -0.39 is 12.1 Å². The van der Waals surface area contributed by atoms with Crippen molar-refractivity contribution in [3.8, 4) is 11.4 Å². The average molecular weight is 369 g/mol. The van der Waals surface area contributed by atoms with Crippen LogP contribution in [-0.2, 0) is 22.4 Å². The van der Waals surface area contributed by atoms with Crippen molar-refractivity contribution in [3.63, 3.8) is 0 Å². The summed E-state index contributed by atoms with van der Waals surface area (Å²) in [7, 11) is 1.44. The molecule has 1 fully saturated rings. The van der Waals surface area contributed by atoms with Crippen LogP contribution in [0, 0.1) is 5.92 Å². The highest BCUT2D eigenvalue weighted by Gasteiger charge is 2.38. The first-order valence-electron chi connectivity index (χ1n) is 8.24. The summed E-state index contributed by atoms with van der Waals surface area (Å²) >= 11 is 0. The van der Waals surface area contributed by atoms with Crippen LogP contribution in [0.4, 0.5) is 13.2 Å². The minimum absolute atomic E-state index is 0.00524. The van der Waals surface area contributed by atoms with Crippen molar-refractivity contribution in [2.24, 2.45) is 5.92 Å². The Balaban J connectivity index is 1.68. The van der Waals surface area contributed by atoms with Crippen LogP contribution in [0.1, 0.15) is 37.1 Å². The number of hydrogen-bond acceptors (Lipinski definition) is 5. The third-order valence-electron chi connectivity index (χ3n) is 4.38. The Hall–Kier alpha value is -2.42. The summed E-state index contributed by atoms with van der Waals surface area (Å²) in [6.45, 7) is 0.256. The monoisotopic (exact) mass is 369 g/mol. The van der Waals surface area contributed by atoms with Crippen molar-refractivity contribution in [1.29, 1.82) is 0 Å². The molecule has 0 atom stereocenters. The van der Waals surface area contributed by atoms with E-state index in [1.807, 2.05) is 0 Å². The fraction of sp³-hybridized carbons (Fsp3) is 0.471. The zero-order valence-electron chi connectivity index (χ0n) is 14.1. The lowest BCUT2D eigenvalue weighted by atomic mass is 10.1. The van der Waals surface area contributed by atoms with Gasteiger partial charge in [-0.3, -0.25) is 9.63 Å². The predicted molar refractivity (Wildman–Crippen MR) is 84.3 cm³/mol. The largest absolute Gasteiger partial charge is 0.471 e. The predicted octanol–water partition coefficient (Wildman–Crippen LogP) is 3.84. The van der Waals surface area contributed by atoms with Crippen LogP contribution in [0.2, 0.25) is 0 Å². The third kappa shape index (κ3) is 4.04. The first-order chi connectivity index (χ1) is 12.4. The van der Waals surface area contributed by atoms with E-state index in [0.29, 0.717) is 5.56 Å². The number of carbonyl (C=O) groups is 1. The first-order valence-corrected chi connectivity index (χ1v) is 8.24. The van der Waals surface area contributed by atoms with E-state index in [0.717, 1.165) is 31.2 Å². The highest BCUT2D eigenvalue weighted by molar-refractivity contribution is 5.78. The lowest BCUT2D eigenvalue weighted by Crippen LogP contribution is -2.33. The Morgan fingerprint density at radius 1 is 1.27 bits per heavy atom. The molecular formula is C17H18F3N3O3. The molecule has 26 heavy (non-hydrogen) atoms. The maximum atomic E-state index is 12.5. The van der Waals surface area contributed by atoms with Gasteiger partial charge in [0.05, 0.1) is 13.7 Å². The number of carbonyl (C=O) groups excluding carboxylic acids is 1. The summed E-state index contributed by atoms with van der Waals surface area (Å²) in [6.07, 6.45) is -0.834. The molecule has 1 aliphatic carbocycles. The number of halogens is 3. The molecule has 1 amide bonds. The fourth-order valence-electron chi connectivity index (χ4n) is 2.99. The van der Waals surface area contributed by atoms with Gasteiger partial charge in [0.1, 0.15) is 0 Å². The number of amides is 1. The van der Waals surface area contributed by atoms with Gasteiger partial charge in [-0.2, -0.15) is 18.2 Å². The van der Waals surface area contributed by atoms with E-state index >= 15 is 0 Å². The molecule has 0 radical (unpaired) electrons. The van der Waals surface area contributed by atoms with E-state index in [1.54, 1.807) is 24.3 Å². The number of nitrogens with zero attached hydrogens (tertiary/aromatic N) is 3. The Bertz CT molecular complexity index is 753. The Kier molecular flexibility index (Phi) is 5.26. The molecular weight excluding hydrogens is 351 g/mol. The zero-order chi connectivity index (χ0) is 18.7. The van der Waals surface area contributed by atoms with Gasteiger partial charge in [-0.05, 0) is 18.4 Å². The molecule has 9 heteroatoms. The standard InChI is InChI=1S/C17H18F3N3O3/c1-25-23(15(24)13-4-2-3-5-13)10-11-6-8-12(9-7-11)14-21-16(26-22-14)17(18,19)20/h6-9,13H,2-5,10H2,1H3. The quantitative estimate of drug-likeness (QED) is 0.749. The second kappa shape index (κ2) is 7.45. The second-order valence-electron chi connectivity index (χ2n) is 6.16. The number of benzene rings is 1. The highest BCUT2D eigenvalue weighted by atomic mass is 19.4. The normalized spacial score (nSPS) is 15.4. The molecule has 0 bridgehead atoms. The number of hydroxylamine groups is 2. The van der Waals surface area contributed by atoms with Crippen LogP contribution < -0.4 is 0 Å². The summed E-state index contributed by atoms with van der Waals surface area (Å²) in [4.78, 5) is 21.0. The van der Waals surface area contributed by atoms with Crippen molar-refractivity contribution in [3.05, 3.63) is 35.7 Å². The van der Waals surface area contributed by atoms with Crippen molar-refractivity contribution >= 4 is 5.91 Å². The Morgan fingerprint density at radius 3 is 2.46 bits per heavy atom. The summed E-state index contributed by atoms with van der Waals surface area (Å²) in [5, 5.41) is 4.67. The first kappa shape index (κ1) is 18.4. The van der Waals surface area contributed by atoms with Gasteiger partial charge in [-0.15, -0.1) is 0 Å². The van der Waals surface area contributed by atoms with E-state index in [-0.39, 0.29) is 24.2 Å². The summed E-state index contributed by atoms with van der Waals surface area (Å²) in [6, 6.07) is 6.53. The summed E-state index contributed by atoms with van der Waals surface area (Å²) < 4.78 is 41.8. The maximum absolute atomic E-state index is 12.5. The molecule has 1 aliphatic rings. The van der Waals surface area contributed by atoms with Gasteiger partial charge < -0.3 is 4.52 Å². The van der Waals surface area contributed by atoms with Crippen molar-refractivity contribution in [2.45, 2.75) is 38.4 Å². The molecule has 0 spiro atoms. The molecule has 6 nitrogen and oxygen atoms in total. The van der Waals surface area contributed by atoms with Gasteiger partial charge in [-0.25, -0.2) is 5.06 Å². The lowest BCUT2D eigenvalue weighted by molar-refractivity contribution is -0.183. The topological polar surface area (TPSA) is 68.5 Å². The number of aromatic nitrogens is 2. The molecule has 0 N–H and O–H groups in total. The molecule has 0 saturated heterocycles. The van der Waals surface area contributed by atoms with Crippen LogP contribution in [-0.4, -0.2) is 28.2 Å². The molecule has 1 aromatic carbocycles. The smallest absolute Gasteiger partial charge is 0.329 e. The second-order valence-corrected chi connectivity index (χ2v) is 6.16. The Morgan fingerprint density at radius 2 is 1.92 bits per heavy atom. The van der Waals surface area contributed by atoms with Crippen LogP contribution >= 0.6 is 0 Å². The average Bonchev–Trinajstić information content (AvgIpc) is 3.30. The molecule has 0 aliphatic heterocycles. The molecule has 1 aromatic heterocycles. The van der Waals surface area contributed by atoms with E-state index in [2.05, 4.69) is 14.7 Å². The highest BCUT2D eigenvalue weighted by Crippen LogP contribution is 2.30. The van der Waals surface area contributed by atoms with E-state index in [1.165, 1.54) is 12.2 Å². The van der Waals surface area contributed by atoms with Gasteiger partial charge in [0.15, 0.2) is 0 Å². The fourth-order valence-corrected chi connectivity index (χ4v) is 2.99. The molecule has 2 aromatic rings. The van der Waals surface area contributed by atoms with Gasteiger partial charge in [0.2, 0.25) is 11.7 Å². The molecule has 140 valence electrons. The lowest BCUT2D eigenvalue weighted by Gasteiger charge is -2.23. The minimum Gasteiger partial charge on any atom is -0.329 e. The number of rotatable bonds is 5. The van der Waals surface area contributed by atoms with Crippen molar-refractivity contribution < 1.29 is 27.3 Å². The van der Waals surface area contributed by atoms with Gasteiger partial charge >= 0.3 is 12.1 Å². The van der Waals surface area contributed by atoms with Crippen LogP contribution in [0.25, 0.3) is 11.4 Å². The maximum Gasteiger partial charge on any atom is 0.471 e. The van der Waals surface area contributed by atoms with Crippen LogP contribution in [0.15, 0.2) is 28.8 Å².